The fourth-order valence-electron chi connectivity index (χ4n) is 2.31. The highest BCUT2D eigenvalue weighted by atomic mass is 79.9. The second-order valence-electron chi connectivity index (χ2n) is 5.16. The maximum atomic E-state index is 11.4. The van der Waals surface area contributed by atoms with Crippen molar-refractivity contribution in [3.63, 3.8) is 0 Å². The van der Waals surface area contributed by atoms with E-state index in [0.29, 0.717) is 13.1 Å². The Morgan fingerprint density at radius 1 is 1.61 bits per heavy atom. The Labute approximate surface area is 115 Å². The molecule has 1 saturated heterocycles. The predicted octanol–water partition coefficient (Wildman–Crippen LogP) is 1.85. The van der Waals surface area contributed by atoms with Crippen LogP contribution in [0.15, 0.2) is 22.7 Å². The minimum absolute atomic E-state index is 0.247. The molecule has 0 spiro atoms. The Morgan fingerprint density at radius 3 is 2.94 bits per heavy atom. The first-order valence-corrected chi connectivity index (χ1v) is 6.70. The molecule has 1 aromatic rings. The van der Waals surface area contributed by atoms with Crippen molar-refractivity contribution in [2.45, 2.75) is 19.9 Å². The van der Waals surface area contributed by atoms with Crippen LogP contribution in [0.2, 0.25) is 0 Å². The van der Waals surface area contributed by atoms with Gasteiger partial charge in [-0.3, -0.25) is 9.69 Å². The number of aromatic hydroxyl groups is 1. The Balaban J connectivity index is 2.08. The van der Waals surface area contributed by atoms with Crippen molar-refractivity contribution in [1.82, 2.24) is 4.90 Å². The van der Waals surface area contributed by atoms with E-state index < -0.39 is 5.41 Å². The zero-order valence-electron chi connectivity index (χ0n) is 10.3. The molecule has 1 heterocycles. The van der Waals surface area contributed by atoms with E-state index in [0.717, 1.165) is 23.0 Å². The Kier molecular flexibility index (Phi) is 3.64. The van der Waals surface area contributed by atoms with Crippen LogP contribution in [0.1, 0.15) is 18.9 Å². The molecule has 2 rings (SSSR count). The molecule has 1 aromatic carbocycles. The second-order valence-corrected chi connectivity index (χ2v) is 6.07. The summed E-state index contributed by atoms with van der Waals surface area (Å²) in [7, 11) is 0. The van der Waals surface area contributed by atoms with Crippen LogP contribution in [-0.4, -0.2) is 29.0 Å². The van der Waals surface area contributed by atoms with Crippen molar-refractivity contribution < 1.29 is 9.90 Å². The van der Waals surface area contributed by atoms with Crippen molar-refractivity contribution in [2.75, 3.05) is 13.1 Å². The lowest BCUT2D eigenvalue weighted by molar-refractivity contribution is -0.126. The monoisotopic (exact) mass is 312 g/mol. The van der Waals surface area contributed by atoms with E-state index in [-0.39, 0.29) is 11.7 Å². The lowest BCUT2D eigenvalue weighted by Gasteiger charge is -2.21. The van der Waals surface area contributed by atoms with E-state index in [9.17, 15) is 9.90 Å². The van der Waals surface area contributed by atoms with Gasteiger partial charge in [-0.1, -0.05) is 15.9 Å². The van der Waals surface area contributed by atoms with Gasteiger partial charge in [0.1, 0.15) is 5.75 Å². The smallest absolute Gasteiger partial charge is 0.224 e. The third-order valence-electron chi connectivity index (χ3n) is 3.58. The minimum Gasteiger partial charge on any atom is -0.508 e. The molecule has 5 heteroatoms. The van der Waals surface area contributed by atoms with Gasteiger partial charge in [0.25, 0.3) is 0 Å². The molecule has 1 atom stereocenters. The van der Waals surface area contributed by atoms with Gasteiger partial charge in [0.05, 0.1) is 5.41 Å². The molecular formula is C13H17BrN2O2. The Morgan fingerprint density at radius 2 is 2.33 bits per heavy atom. The second kappa shape index (κ2) is 4.90. The van der Waals surface area contributed by atoms with Gasteiger partial charge in [0, 0.05) is 23.1 Å². The van der Waals surface area contributed by atoms with Crippen LogP contribution in [-0.2, 0) is 11.3 Å². The first-order chi connectivity index (χ1) is 8.40. The molecule has 1 amide bonds. The van der Waals surface area contributed by atoms with Gasteiger partial charge in [-0.15, -0.1) is 0 Å². The van der Waals surface area contributed by atoms with Gasteiger partial charge in [-0.05, 0) is 38.1 Å². The SMILES string of the molecule is CC1(C(N)=O)CCN(Cc2cc(Br)ccc2O)C1. The van der Waals surface area contributed by atoms with E-state index in [1.165, 1.54) is 0 Å². The molecular weight excluding hydrogens is 296 g/mol. The fourth-order valence-corrected chi connectivity index (χ4v) is 2.72. The highest BCUT2D eigenvalue weighted by Crippen LogP contribution is 2.32. The number of halogens is 1. The maximum Gasteiger partial charge on any atom is 0.224 e. The molecule has 98 valence electrons. The molecule has 1 aliphatic rings. The average molecular weight is 313 g/mol. The first kappa shape index (κ1) is 13.4. The molecule has 4 nitrogen and oxygen atoms in total. The first-order valence-electron chi connectivity index (χ1n) is 5.90. The zero-order chi connectivity index (χ0) is 13.3. The number of likely N-dealkylation sites (tertiary alicyclic amines) is 1. The summed E-state index contributed by atoms with van der Waals surface area (Å²) in [5, 5.41) is 9.80. The third-order valence-corrected chi connectivity index (χ3v) is 4.08. The Bertz CT molecular complexity index is 478. The van der Waals surface area contributed by atoms with Crippen LogP contribution in [0.4, 0.5) is 0 Å². The lowest BCUT2D eigenvalue weighted by atomic mass is 9.89. The lowest BCUT2D eigenvalue weighted by Crippen LogP contribution is -2.36. The van der Waals surface area contributed by atoms with Crippen molar-refractivity contribution >= 4 is 21.8 Å². The predicted molar refractivity (Wildman–Crippen MR) is 73.0 cm³/mol. The number of phenols is 1. The summed E-state index contributed by atoms with van der Waals surface area (Å²) in [5.74, 6) is 0.0364. The summed E-state index contributed by atoms with van der Waals surface area (Å²) in [4.78, 5) is 13.5. The van der Waals surface area contributed by atoms with Crippen molar-refractivity contribution in [3.05, 3.63) is 28.2 Å². The zero-order valence-corrected chi connectivity index (χ0v) is 11.9. The largest absolute Gasteiger partial charge is 0.508 e. The molecule has 0 aliphatic carbocycles. The number of hydrogen-bond donors (Lipinski definition) is 2. The molecule has 0 aromatic heterocycles. The number of phenolic OH excluding ortho intramolecular Hbond substituents is 1. The molecule has 0 bridgehead atoms. The van der Waals surface area contributed by atoms with Gasteiger partial charge < -0.3 is 10.8 Å². The molecule has 1 unspecified atom stereocenters. The van der Waals surface area contributed by atoms with Crippen molar-refractivity contribution in [3.8, 4) is 5.75 Å². The van der Waals surface area contributed by atoms with Gasteiger partial charge >= 0.3 is 0 Å². The topological polar surface area (TPSA) is 66.6 Å². The fraction of sp³-hybridized carbons (Fsp3) is 0.462. The highest BCUT2D eigenvalue weighted by Gasteiger charge is 2.38. The summed E-state index contributed by atoms with van der Waals surface area (Å²) >= 11 is 3.39. The minimum atomic E-state index is -0.443. The molecule has 0 saturated carbocycles. The highest BCUT2D eigenvalue weighted by molar-refractivity contribution is 9.10. The quantitative estimate of drug-likeness (QED) is 0.895. The number of amides is 1. The molecule has 18 heavy (non-hydrogen) atoms. The third kappa shape index (κ3) is 2.67. The number of carbonyl (C=O) groups excluding carboxylic acids is 1. The van der Waals surface area contributed by atoms with Crippen LogP contribution < -0.4 is 5.73 Å². The van der Waals surface area contributed by atoms with Gasteiger partial charge in [-0.25, -0.2) is 0 Å². The van der Waals surface area contributed by atoms with E-state index in [2.05, 4.69) is 20.8 Å². The average Bonchev–Trinajstić information content (AvgIpc) is 2.67. The summed E-state index contributed by atoms with van der Waals surface area (Å²) in [5.41, 5.74) is 5.84. The number of hydrogen-bond acceptors (Lipinski definition) is 3. The number of nitrogens with zero attached hydrogens (tertiary/aromatic N) is 1. The summed E-state index contributed by atoms with van der Waals surface area (Å²) < 4.78 is 0.937. The van der Waals surface area contributed by atoms with E-state index in [1.54, 1.807) is 12.1 Å². The molecule has 1 aliphatic heterocycles. The Hall–Kier alpha value is -1.07. The summed E-state index contributed by atoms with van der Waals surface area (Å²) in [6.07, 6.45) is 0.775. The van der Waals surface area contributed by atoms with Gasteiger partial charge in [-0.2, -0.15) is 0 Å². The molecule has 3 N–H and O–H groups in total. The van der Waals surface area contributed by atoms with Crippen LogP contribution in [0.5, 0.6) is 5.75 Å². The van der Waals surface area contributed by atoms with Crippen LogP contribution in [0.3, 0.4) is 0 Å². The maximum absolute atomic E-state index is 11.4. The van der Waals surface area contributed by atoms with E-state index in [4.69, 9.17) is 5.73 Å². The van der Waals surface area contributed by atoms with Crippen LogP contribution in [0, 0.1) is 5.41 Å². The van der Waals surface area contributed by atoms with Gasteiger partial charge in [0.2, 0.25) is 5.91 Å². The van der Waals surface area contributed by atoms with Crippen molar-refractivity contribution in [1.29, 1.82) is 0 Å². The summed E-state index contributed by atoms with van der Waals surface area (Å²) in [6, 6.07) is 5.37. The van der Waals surface area contributed by atoms with Crippen LogP contribution in [0.25, 0.3) is 0 Å². The van der Waals surface area contributed by atoms with E-state index >= 15 is 0 Å². The molecule has 0 radical (unpaired) electrons. The van der Waals surface area contributed by atoms with E-state index in [1.807, 2.05) is 13.0 Å². The van der Waals surface area contributed by atoms with Crippen molar-refractivity contribution in [2.24, 2.45) is 11.1 Å². The number of primary amides is 1. The van der Waals surface area contributed by atoms with Gasteiger partial charge in [0.15, 0.2) is 0 Å². The normalized spacial score (nSPS) is 24.3. The number of benzene rings is 1. The standard InChI is InChI=1S/C13H17BrN2O2/c1-13(12(15)18)4-5-16(8-13)7-9-6-10(14)2-3-11(9)17/h2-3,6,17H,4-5,7-8H2,1H3,(H2,15,18). The summed E-state index contributed by atoms with van der Waals surface area (Å²) in [6.45, 7) is 4.00. The van der Waals surface area contributed by atoms with Crippen LogP contribution >= 0.6 is 15.9 Å². The number of rotatable bonds is 3. The molecule has 1 fully saturated rings. The number of carbonyl (C=O) groups is 1. The number of nitrogens with two attached hydrogens (primary N) is 1.